The van der Waals surface area contributed by atoms with Crippen molar-refractivity contribution in [3.8, 4) is 11.4 Å². The molecule has 2 heterocycles. The molecular formula is C21H29FN4O3S. The molecule has 1 fully saturated rings. The molecule has 2 aromatic rings. The highest BCUT2D eigenvalue weighted by Gasteiger charge is 2.23. The van der Waals surface area contributed by atoms with Gasteiger partial charge in [-0.2, -0.15) is 9.78 Å². The maximum Gasteiger partial charge on any atom is 0.316 e. The normalized spacial score (nSPS) is 14.8. The number of ether oxygens (including phenoxy) is 2. The van der Waals surface area contributed by atoms with Crippen LogP contribution in [0.2, 0.25) is 0 Å². The molecule has 1 aliphatic rings. The Morgan fingerprint density at radius 3 is 2.67 bits per heavy atom. The number of piperazine rings is 1. The van der Waals surface area contributed by atoms with Crippen molar-refractivity contribution in [3.63, 3.8) is 0 Å². The highest BCUT2D eigenvalue weighted by Crippen LogP contribution is 2.27. The fourth-order valence-corrected chi connectivity index (χ4v) is 4.07. The van der Waals surface area contributed by atoms with Crippen LogP contribution in [-0.2, 0) is 4.74 Å². The van der Waals surface area contributed by atoms with E-state index in [9.17, 15) is 9.18 Å². The third-order valence-electron chi connectivity index (χ3n) is 4.70. The number of halogens is 1. The number of nitrogens with zero attached hydrogens (tertiary/aromatic N) is 4. The standard InChI is InChI=1S/C21H29FN4O3S/c1-3-14-30-25-10-8-24(9-11-25)19-16-23-26(18-7-5-6-17(22)15-18)21(27)20(19)29-13-12-28-4-2/h5-7,15-16H,3-4,8-14H2,1-2H3. The van der Waals surface area contributed by atoms with E-state index >= 15 is 0 Å². The van der Waals surface area contributed by atoms with Crippen molar-refractivity contribution in [3.05, 3.63) is 46.6 Å². The van der Waals surface area contributed by atoms with Gasteiger partial charge in [0, 0.05) is 38.5 Å². The lowest BCUT2D eigenvalue weighted by Gasteiger charge is -2.35. The molecule has 0 atom stereocenters. The van der Waals surface area contributed by atoms with E-state index < -0.39 is 11.4 Å². The number of hydrogen-bond acceptors (Lipinski definition) is 7. The predicted molar refractivity (Wildman–Crippen MR) is 118 cm³/mol. The first-order chi connectivity index (χ1) is 14.6. The van der Waals surface area contributed by atoms with E-state index in [4.69, 9.17) is 9.47 Å². The summed E-state index contributed by atoms with van der Waals surface area (Å²) in [6, 6.07) is 5.81. The second kappa shape index (κ2) is 11.3. The Hall–Kier alpha value is -2.10. The van der Waals surface area contributed by atoms with Crippen molar-refractivity contribution in [2.45, 2.75) is 20.3 Å². The second-order valence-corrected chi connectivity index (χ2v) is 8.03. The quantitative estimate of drug-likeness (QED) is 0.419. The summed E-state index contributed by atoms with van der Waals surface area (Å²) in [4.78, 5) is 15.3. The van der Waals surface area contributed by atoms with Gasteiger partial charge < -0.3 is 14.4 Å². The first-order valence-electron chi connectivity index (χ1n) is 10.4. The van der Waals surface area contributed by atoms with Gasteiger partial charge in [0.1, 0.15) is 18.1 Å². The molecule has 1 aromatic heterocycles. The Morgan fingerprint density at radius 2 is 1.97 bits per heavy atom. The molecule has 0 bridgehead atoms. The summed E-state index contributed by atoms with van der Waals surface area (Å²) in [6.45, 7) is 8.67. The molecular weight excluding hydrogens is 407 g/mol. The molecule has 9 heteroatoms. The van der Waals surface area contributed by atoms with Crippen LogP contribution in [0.25, 0.3) is 5.69 Å². The van der Waals surface area contributed by atoms with E-state index in [1.807, 2.05) is 18.9 Å². The van der Waals surface area contributed by atoms with Crippen molar-refractivity contribution in [2.24, 2.45) is 0 Å². The summed E-state index contributed by atoms with van der Waals surface area (Å²) < 4.78 is 28.4. The summed E-state index contributed by atoms with van der Waals surface area (Å²) in [7, 11) is 0. The zero-order valence-electron chi connectivity index (χ0n) is 17.6. The van der Waals surface area contributed by atoms with Gasteiger partial charge in [0.25, 0.3) is 0 Å². The summed E-state index contributed by atoms with van der Waals surface area (Å²) >= 11 is 1.86. The molecule has 0 saturated carbocycles. The van der Waals surface area contributed by atoms with Crippen LogP contribution in [0.15, 0.2) is 35.3 Å². The number of hydrogen-bond donors (Lipinski definition) is 0. The molecule has 3 rings (SSSR count). The Bertz CT molecular complexity index is 872. The van der Waals surface area contributed by atoms with E-state index in [1.54, 1.807) is 18.3 Å². The van der Waals surface area contributed by atoms with Crippen LogP contribution < -0.4 is 15.2 Å². The van der Waals surface area contributed by atoms with Crippen molar-refractivity contribution in [1.29, 1.82) is 0 Å². The van der Waals surface area contributed by atoms with Crippen molar-refractivity contribution in [2.75, 3.05) is 56.7 Å². The fourth-order valence-electron chi connectivity index (χ4n) is 3.21. The van der Waals surface area contributed by atoms with Crippen LogP contribution >= 0.6 is 11.9 Å². The number of benzene rings is 1. The Kier molecular flexibility index (Phi) is 8.53. The Morgan fingerprint density at radius 1 is 1.17 bits per heavy atom. The molecule has 0 N–H and O–H groups in total. The SMILES string of the molecule is CCCSN1CCN(c2cnn(-c3cccc(F)c3)c(=O)c2OCCOCC)CC1. The fraction of sp³-hybridized carbons (Fsp3) is 0.524. The van der Waals surface area contributed by atoms with Gasteiger partial charge in [0.05, 0.1) is 18.5 Å². The lowest BCUT2D eigenvalue weighted by molar-refractivity contribution is 0.109. The number of aromatic nitrogens is 2. The lowest BCUT2D eigenvalue weighted by Crippen LogP contribution is -2.44. The lowest BCUT2D eigenvalue weighted by atomic mass is 10.3. The van der Waals surface area contributed by atoms with Gasteiger partial charge in [-0.1, -0.05) is 24.9 Å². The predicted octanol–water partition coefficient (Wildman–Crippen LogP) is 2.97. The van der Waals surface area contributed by atoms with E-state index in [2.05, 4.69) is 21.2 Å². The largest absolute Gasteiger partial charge is 0.484 e. The molecule has 0 unspecified atom stereocenters. The topological polar surface area (TPSA) is 59.8 Å². The average Bonchev–Trinajstić information content (AvgIpc) is 2.76. The second-order valence-electron chi connectivity index (χ2n) is 6.85. The van der Waals surface area contributed by atoms with Crippen LogP contribution in [-0.4, -0.2) is 65.8 Å². The molecule has 0 amide bonds. The molecule has 0 spiro atoms. The monoisotopic (exact) mass is 436 g/mol. The molecule has 0 radical (unpaired) electrons. The van der Waals surface area contributed by atoms with Crippen LogP contribution in [0, 0.1) is 5.82 Å². The highest BCUT2D eigenvalue weighted by molar-refractivity contribution is 7.97. The third-order valence-corrected chi connectivity index (χ3v) is 6.02. The van der Waals surface area contributed by atoms with E-state index in [0.29, 0.717) is 24.6 Å². The molecule has 1 saturated heterocycles. The Balaban J connectivity index is 1.85. The van der Waals surface area contributed by atoms with Crippen LogP contribution in [0.3, 0.4) is 0 Å². The third kappa shape index (κ3) is 5.74. The Labute approximate surface area is 180 Å². The zero-order valence-corrected chi connectivity index (χ0v) is 18.4. The van der Waals surface area contributed by atoms with Gasteiger partial charge in [-0.15, -0.1) is 0 Å². The van der Waals surface area contributed by atoms with Crippen LogP contribution in [0.1, 0.15) is 20.3 Å². The summed E-state index contributed by atoms with van der Waals surface area (Å²) in [5.41, 5.74) is 0.628. The van der Waals surface area contributed by atoms with Crippen LogP contribution in [0.5, 0.6) is 5.75 Å². The molecule has 164 valence electrons. The molecule has 1 aliphatic heterocycles. The smallest absolute Gasteiger partial charge is 0.316 e. The maximum atomic E-state index is 13.7. The molecule has 0 aliphatic carbocycles. The summed E-state index contributed by atoms with van der Waals surface area (Å²) in [5, 5.41) is 4.30. The first-order valence-corrected chi connectivity index (χ1v) is 11.3. The van der Waals surface area contributed by atoms with E-state index in [0.717, 1.165) is 38.4 Å². The van der Waals surface area contributed by atoms with Gasteiger partial charge in [-0.3, -0.25) is 4.79 Å². The minimum Gasteiger partial charge on any atom is -0.484 e. The van der Waals surface area contributed by atoms with Crippen molar-refractivity contribution in [1.82, 2.24) is 14.1 Å². The summed E-state index contributed by atoms with van der Waals surface area (Å²) in [5.74, 6) is 0.908. The van der Waals surface area contributed by atoms with Crippen molar-refractivity contribution < 1.29 is 13.9 Å². The van der Waals surface area contributed by atoms with Crippen molar-refractivity contribution >= 4 is 17.6 Å². The molecule has 7 nitrogen and oxygen atoms in total. The average molecular weight is 437 g/mol. The van der Waals surface area contributed by atoms with E-state index in [-0.39, 0.29) is 12.4 Å². The number of rotatable bonds is 10. The van der Waals surface area contributed by atoms with Gasteiger partial charge >= 0.3 is 5.56 Å². The molecule has 30 heavy (non-hydrogen) atoms. The van der Waals surface area contributed by atoms with Gasteiger partial charge in [0.2, 0.25) is 5.75 Å². The van der Waals surface area contributed by atoms with Gasteiger partial charge in [-0.05, 0) is 31.5 Å². The summed E-state index contributed by atoms with van der Waals surface area (Å²) in [6.07, 6.45) is 2.78. The van der Waals surface area contributed by atoms with E-state index in [1.165, 1.54) is 16.8 Å². The number of anilines is 1. The van der Waals surface area contributed by atoms with Gasteiger partial charge in [0.15, 0.2) is 0 Å². The minimum absolute atomic E-state index is 0.226. The highest BCUT2D eigenvalue weighted by atomic mass is 32.2. The van der Waals surface area contributed by atoms with Gasteiger partial charge in [-0.25, -0.2) is 8.70 Å². The first kappa shape index (κ1) is 22.6. The van der Waals surface area contributed by atoms with Crippen LogP contribution in [0.4, 0.5) is 10.1 Å². The minimum atomic E-state index is -0.426. The zero-order chi connectivity index (χ0) is 21.3. The maximum absolute atomic E-state index is 13.7. The molecule has 1 aromatic carbocycles.